The lowest BCUT2D eigenvalue weighted by Gasteiger charge is -2.20. The Hall–Kier alpha value is -1.91. The zero-order valence-electron chi connectivity index (χ0n) is 14.7. The lowest BCUT2D eigenvalue weighted by Crippen LogP contribution is -2.34. The van der Waals surface area contributed by atoms with Gasteiger partial charge >= 0.3 is 0 Å². The first-order valence-corrected chi connectivity index (χ1v) is 11.8. The van der Waals surface area contributed by atoms with Crippen LogP contribution in [-0.4, -0.2) is 40.0 Å². The van der Waals surface area contributed by atoms with E-state index < -0.39 is 54.1 Å². The maximum Gasteiger partial charge on any atom is 0.218 e. The summed E-state index contributed by atoms with van der Waals surface area (Å²) in [6, 6.07) is 7.97. The fourth-order valence-electron chi connectivity index (χ4n) is 3.23. The van der Waals surface area contributed by atoms with Crippen LogP contribution in [0, 0.1) is 17.5 Å². The lowest BCUT2D eigenvalue weighted by atomic mass is 10.1. The highest BCUT2D eigenvalue weighted by molar-refractivity contribution is 7.91. The van der Waals surface area contributed by atoms with Gasteiger partial charge < -0.3 is 0 Å². The minimum atomic E-state index is -4.10. The van der Waals surface area contributed by atoms with E-state index in [0.717, 1.165) is 28.6 Å². The predicted molar refractivity (Wildman–Crippen MR) is 98.1 cm³/mol. The van der Waals surface area contributed by atoms with E-state index in [4.69, 9.17) is 0 Å². The van der Waals surface area contributed by atoms with E-state index in [0.29, 0.717) is 0 Å². The first-order chi connectivity index (χ1) is 13.1. The SMILES string of the molecule is O=S1(=O)CCN(S(=O)(=O)Cc2cc(F)ccc2F)CCC1c1ccccc1F. The smallest absolute Gasteiger partial charge is 0.218 e. The molecule has 1 unspecified atom stereocenters. The maximum atomic E-state index is 14.1. The molecule has 0 amide bonds. The van der Waals surface area contributed by atoms with E-state index >= 15 is 0 Å². The maximum absolute atomic E-state index is 14.1. The van der Waals surface area contributed by atoms with Gasteiger partial charge in [-0.05, 0) is 30.7 Å². The second kappa shape index (κ2) is 7.84. The summed E-state index contributed by atoms with van der Waals surface area (Å²) in [5.41, 5.74) is -0.337. The van der Waals surface area contributed by atoms with Crippen molar-refractivity contribution in [2.45, 2.75) is 17.4 Å². The Morgan fingerprint density at radius 1 is 1.00 bits per heavy atom. The molecule has 5 nitrogen and oxygen atoms in total. The summed E-state index contributed by atoms with van der Waals surface area (Å²) in [4.78, 5) is 0. The fraction of sp³-hybridized carbons (Fsp3) is 0.333. The van der Waals surface area contributed by atoms with Crippen LogP contribution in [0.1, 0.15) is 22.8 Å². The van der Waals surface area contributed by atoms with Gasteiger partial charge in [0.25, 0.3) is 0 Å². The van der Waals surface area contributed by atoms with E-state index in [1.54, 1.807) is 0 Å². The molecule has 3 rings (SSSR count). The van der Waals surface area contributed by atoms with Gasteiger partial charge in [0.15, 0.2) is 9.84 Å². The van der Waals surface area contributed by atoms with E-state index in [1.807, 2.05) is 0 Å². The van der Waals surface area contributed by atoms with Crippen LogP contribution >= 0.6 is 0 Å². The first kappa shape index (κ1) is 20.8. The molecule has 1 aliphatic heterocycles. The zero-order chi connectivity index (χ0) is 20.5. The first-order valence-electron chi connectivity index (χ1n) is 8.48. The van der Waals surface area contributed by atoms with Crippen LogP contribution in [0.15, 0.2) is 42.5 Å². The quantitative estimate of drug-likeness (QED) is 0.744. The van der Waals surface area contributed by atoms with Gasteiger partial charge in [-0.15, -0.1) is 0 Å². The lowest BCUT2D eigenvalue weighted by molar-refractivity contribution is 0.425. The third kappa shape index (κ3) is 4.39. The molecule has 1 atom stereocenters. The van der Waals surface area contributed by atoms with Crippen molar-refractivity contribution in [2.75, 3.05) is 18.8 Å². The molecule has 1 aliphatic rings. The second-order valence-electron chi connectivity index (χ2n) is 6.56. The molecule has 0 radical (unpaired) electrons. The molecule has 2 aromatic carbocycles. The standard InChI is InChI=1S/C18H18F3NO4S2/c19-14-5-6-16(20)13(11-14)12-28(25,26)22-8-7-18(27(23,24)10-9-22)15-3-1-2-4-17(15)21/h1-6,11,18H,7-10,12H2. The van der Waals surface area contributed by atoms with Crippen molar-refractivity contribution < 1.29 is 30.0 Å². The van der Waals surface area contributed by atoms with E-state index in [1.165, 1.54) is 18.2 Å². The van der Waals surface area contributed by atoms with Crippen LogP contribution in [0.2, 0.25) is 0 Å². The Labute approximate surface area is 161 Å². The van der Waals surface area contributed by atoms with Gasteiger partial charge in [-0.3, -0.25) is 0 Å². The van der Waals surface area contributed by atoms with Crippen LogP contribution in [0.4, 0.5) is 13.2 Å². The van der Waals surface area contributed by atoms with Crippen molar-refractivity contribution in [3.63, 3.8) is 0 Å². The highest BCUT2D eigenvalue weighted by Gasteiger charge is 2.36. The van der Waals surface area contributed by atoms with Crippen molar-refractivity contribution in [3.8, 4) is 0 Å². The number of sulfonamides is 1. The Balaban J connectivity index is 1.85. The fourth-order valence-corrected chi connectivity index (χ4v) is 6.70. The van der Waals surface area contributed by atoms with Crippen molar-refractivity contribution in [1.82, 2.24) is 4.31 Å². The largest absolute Gasteiger partial charge is 0.228 e. The van der Waals surface area contributed by atoms with E-state index in [2.05, 4.69) is 0 Å². The highest BCUT2D eigenvalue weighted by Crippen LogP contribution is 2.32. The van der Waals surface area contributed by atoms with Crippen LogP contribution < -0.4 is 0 Å². The van der Waals surface area contributed by atoms with E-state index in [-0.39, 0.29) is 30.6 Å². The number of halogens is 3. The summed E-state index contributed by atoms with van der Waals surface area (Å²) >= 11 is 0. The molecule has 0 aromatic heterocycles. The van der Waals surface area contributed by atoms with Crippen molar-refractivity contribution in [1.29, 1.82) is 0 Å². The third-order valence-electron chi connectivity index (χ3n) is 4.69. The van der Waals surface area contributed by atoms with Crippen molar-refractivity contribution in [3.05, 3.63) is 71.0 Å². The summed E-state index contributed by atoms with van der Waals surface area (Å²) in [5, 5.41) is -1.17. The van der Waals surface area contributed by atoms with Crippen molar-refractivity contribution in [2.24, 2.45) is 0 Å². The second-order valence-corrected chi connectivity index (χ2v) is 10.8. The molecule has 0 aliphatic carbocycles. The van der Waals surface area contributed by atoms with Crippen molar-refractivity contribution >= 4 is 19.9 Å². The summed E-state index contributed by atoms with van der Waals surface area (Å²) in [6.07, 6.45) is -0.131. The molecule has 0 saturated carbocycles. The van der Waals surface area contributed by atoms with Crippen LogP contribution in [-0.2, 0) is 25.6 Å². The molecule has 1 heterocycles. The Bertz CT molecular complexity index is 1090. The normalized spacial score (nSPS) is 20.6. The number of nitrogens with zero attached hydrogens (tertiary/aromatic N) is 1. The molecule has 152 valence electrons. The van der Waals surface area contributed by atoms with Gasteiger partial charge in [0.05, 0.1) is 16.8 Å². The minimum absolute atomic E-state index is 0.00192. The zero-order valence-corrected chi connectivity index (χ0v) is 16.3. The van der Waals surface area contributed by atoms with Gasteiger partial charge in [0.1, 0.15) is 17.5 Å². The molecule has 2 aromatic rings. The number of hydrogen-bond acceptors (Lipinski definition) is 4. The molecule has 0 spiro atoms. The summed E-state index contributed by atoms with van der Waals surface area (Å²) < 4.78 is 92.6. The van der Waals surface area contributed by atoms with Gasteiger partial charge in [-0.25, -0.2) is 34.3 Å². The molecular formula is C18H18F3NO4S2. The third-order valence-corrected chi connectivity index (χ3v) is 8.63. The number of hydrogen-bond donors (Lipinski definition) is 0. The number of sulfone groups is 1. The van der Waals surface area contributed by atoms with Crippen LogP contribution in [0.25, 0.3) is 0 Å². The summed E-state index contributed by atoms with van der Waals surface area (Å²) in [7, 11) is -7.89. The number of rotatable bonds is 4. The van der Waals surface area contributed by atoms with Gasteiger partial charge in [-0.2, -0.15) is 0 Å². The number of benzene rings is 2. The Kier molecular flexibility index (Phi) is 5.83. The van der Waals surface area contributed by atoms with Gasteiger partial charge in [-0.1, -0.05) is 18.2 Å². The average molecular weight is 433 g/mol. The average Bonchev–Trinajstić information content (AvgIpc) is 2.77. The predicted octanol–water partition coefficient (Wildman–Crippen LogP) is 2.80. The van der Waals surface area contributed by atoms with Crippen LogP contribution in [0.3, 0.4) is 0 Å². The Morgan fingerprint density at radius 2 is 1.71 bits per heavy atom. The van der Waals surface area contributed by atoms with Gasteiger partial charge in [0.2, 0.25) is 10.0 Å². The highest BCUT2D eigenvalue weighted by atomic mass is 32.2. The summed E-state index contributed by atoms with van der Waals surface area (Å²) in [6.45, 7) is -0.496. The van der Waals surface area contributed by atoms with Crippen LogP contribution in [0.5, 0.6) is 0 Å². The summed E-state index contributed by atoms with van der Waals surface area (Å²) in [5.74, 6) is -3.59. The molecular weight excluding hydrogens is 415 g/mol. The molecule has 0 bridgehead atoms. The topological polar surface area (TPSA) is 71.5 Å². The Morgan fingerprint density at radius 3 is 2.43 bits per heavy atom. The molecule has 28 heavy (non-hydrogen) atoms. The molecule has 0 N–H and O–H groups in total. The van der Waals surface area contributed by atoms with Gasteiger partial charge in [0, 0.05) is 24.2 Å². The molecule has 10 heteroatoms. The molecule has 1 saturated heterocycles. The molecule has 1 fully saturated rings. The minimum Gasteiger partial charge on any atom is -0.228 e. The monoisotopic (exact) mass is 433 g/mol. The van der Waals surface area contributed by atoms with E-state index in [9.17, 15) is 30.0 Å².